The van der Waals surface area contributed by atoms with Gasteiger partial charge >= 0.3 is 5.97 Å². The van der Waals surface area contributed by atoms with Crippen LogP contribution in [-0.4, -0.2) is 34.2 Å². The molecule has 0 saturated heterocycles. The summed E-state index contributed by atoms with van der Waals surface area (Å²) in [6.45, 7) is 5.28. The minimum atomic E-state index is -0.957. The van der Waals surface area contributed by atoms with Gasteiger partial charge in [-0.25, -0.2) is 14.8 Å². The molecule has 1 aromatic heterocycles. The zero-order valence-electron chi connectivity index (χ0n) is 9.80. The second-order valence-electron chi connectivity index (χ2n) is 3.42. The van der Waals surface area contributed by atoms with Crippen LogP contribution in [0.5, 0.6) is 5.88 Å². The summed E-state index contributed by atoms with van der Waals surface area (Å²) in [5.74, 6) is -0.0850. The van der Waals surface area contributed by atoms with Crippen LogP contribution in [0.4, 0.5) is 5.82 Å². The SMILES string of the molecule is C=CCC(Nc1ncnc(OC)c1C)C(=O)O. The second kappa shape index (κ2) is 5.83. The highest BCUT2D eigenvalue weighted by Gasteiger charge is 2.18. The lowest BCUT2D eigenvalue weighted by atomic mass is 10.2. The first-order valence-corrected chi connectivity index (χ1v) is 5.06. The zero-order chi connectivity index (χ0) is 12.8. The van der Waals surface area contributed by atoms with Crippen molar-refractivity contribution in [2.75, 3.05) is 12.4 Å². The normalized spacial score (nSPS) is 11.6. The second-order valence-corrected chi connectivity index (χ2v) is 3.42. The van der Waals surface area contributed by atoms with Gasteiger partial charge in [0.05, 0.1) is 12.7 Å². The van der Waals surface area contributed by atoms with Crippen LogP contribution in [0, 0.1) is 6.92 Å². The van der Waals surface area contributed by atoms with Crippen LogP contribution in [0.3, 0.4) is 0 Å². The first-order valence-electron chi connectivity index (χ1n) is 5.06. The maximum Gasteiger partial charge on any atom is 0.326 e. The highest BCUT2D eigenvalue weighted by molar-refractivity contribution is 5.77. The Bertz CT molecular complexity index is 420. The Balaban J connectivity index is 2.92. The minimum Gasteiger partial charge on any atom is -0.481 e. The van der Waals surface area contributed by atoms with E-state index < -0.39 is 12.0 Å². The first-order chi connectivity index (χ1) is 8.10. The first kappa shape index (κ1) is 13.0. The van der Waals surface area contributed by atoms with E-state index in [1.54, 1.807) is 13.0 Å². The van der Waals surface area contributed by atoms with E-state index in [1.165, 1.54) is 13.4 Å². The van der Waals surface area contributed by atoms with E-state index in [2.05, 4.69) is 21.9 Å². The number of nitrogens with one attached hydrogen (secondary N) is 1. The number of ether oxygens (including phenoxy) is 1. The van der Waals surface area contributed by atoms with Crippen LogP contribution in [0.2, 0.25) is 0 Å². The van der Waals surface area contributed by atoms with Gasteiger partial charge in [0.2, 0.25) is 5.88 Å². The number of carboxylic acids is 1. The van der Waals surface area contributed by atoms with E-state index in [0.29, 0.717) is 23.7 Å². The van der Waals surface area contributed by atoms with Crippen molar-refractivity contribution in [2.45, 2.75) is 19.4 Å². The van der Waals surface area contributed by atoms with Crippen molar-refractivity contribution in [2.24, 2.45) is 0 Å². The highest BCUT2D eigenvalue weighted by Crippen LogP contribution is 2.20. The maximum atomic E-state index is 11.0. The summed E-state index contributed by atoms with van der Waals surface area (Å²) >= 11 is 0. The molecule has 0 aliphatic carbocycles. The third-order valence-corrected chi connectivity index (χ3v) is 2.24. The van der Waals surface area contributed by atoms with E-state index in [9.17, 15) is 4.79 Å². The molecule has 6 nitrogen and oxygen atoms in total. The average molecular weight is 237 g/mol. The van der Waals surface area contributed by atoms with Crippen LogP contribution >= 0.6 is 0 Å². The van der Waals surface area contributed by atoms with Crippen LogP contribution < -0.4 is 10.1 Å². The summed E-state index contributed by atoms with van der Waals surface area (Å²) in [5.41, 5.74) is 0.672. The fraction of sp³-hybridized carbons (Fsp3) is 0.364. The number of aromatic nitrogens is 2. The quantitative estimate of drug-likeness (QED) is 0.724. The number of anilines is 1. The summed E-state index contributed by atoms with van der Waals surface area (Å²) in [4.78, 5) is 18.9. The van der Waals surface area contributed by atoms with Crippen molar-refractivity contribution in [1.82, 2.24) is 9.97 Å². The van der Waals surface area contributed by atoms with Crippen molar-refractivity contribution in [3.8, 4) is 5.88 Å². The molecule has 1 atom stereocenters. The minimum absolute atomic E-state index is 0.307. The zero-order valence-corrected chi connectivity index (χ0v) is 9.80. The molecule has 1 heterocycles. The molecule has 0 aliphatic heterocycles. The van der Waals surface area contributed by atoms with Gasteiger partial charge in [-0.1, -0.05) is 6.08 Å². The molecule has 1 rings (SSSR count). The van der Waals surface area contributed by atoms with Crippen molar-refractivity contribution < 1.29 is 14.6 Å². The molecule has 0 amide bonds. The van der Waals surface area contributed by atoms with Crippen LogP contribution in [0.25, 0.3) is 0 Å². The molecule has 1 unspecified atom stereocenters. The number of hydrogen-bond donors (Lipinski definition) is 2. The summed E-state index contributed by atoms with van der Waals surface area (Å²) < 4.78 is 5.03. The molecular weight excluding hydrogens is 222 g/mol. The summed E-state index contributed by atoms with van der Waals surface area (Å²) in [6.07, 6.45) is 3.17. The van der Waals surface area contributed by atoms with Crippen LogP contribution in [0.1, 0.15) is 12.0 Å². The van der Waals surface area contributed by atoms with Crippen molar-refractivity contribution in [1.29, 1.82) is 0 Å². The molecule has 0 fully saturated rings. The lowest BCUT2D eigenvalue weighted by molar-refractivity contribution is -0.137. The summed E-state index contributed by atoms with van der Waals surface area (Å²) in [5, 5.41) is 11.8. The maximum absolute atomic E-state index is 11.0. The van der Waals surface area contributed by atoms with E-state index in [1.807, 2.05) is 0 Å². The molecule has 0 aromatic carbocycles. The Morgan fingerprint density at radius 3 is 2.94 bits per heavy atom. The molecule has 17 heavy (non-hydrogen) atoms. The molecule has 0 saturated carbocycles. The van der Waals surface area contributed by atoms with Gasteiger partial charge in [-0.2, -0.15) is 0 Å². The van der Waals surface area contributed by atoms with Crippen LogP contribution in [-0.2, 0) is 4.79 Å². The van der Waals surface area contributed by atoms with Gasteiger partial charge in [0, 0.05) is 0 Å². The third kappa shape index (κ3) is 3.17. The largest absolute Gasteiger partial charge is 0.481 e. The monoisotopic (exact) mass is 237 g/mol. The van der Waals surface area contributed by atoms with E-state index >= 15 is 0 Å². The molecular formula is C11H15N3O3. The predicted octanol–water partition coefficient (Wildman–Crippen LogP) is 1.23. The lowest BCUT2D eigenvalue weighted by Gasteiger charge is -2.15. The van der Waals surface area contributed by atoms with Gasteiger partial charge in [-0.05, 0) is 13.3 Å². The van der Waals surface area contributed by atoms with Gasteiger partial charge in [0.1, 0.15) is 18.2 Å². The number of methoxy groups -OCH3 is 1. The summed E-state index contributed by atoms with van der Waals surface area (Å²) in [7, 11) is 1.50. The molecule has 1 aromatic rings. The topological polar surface area (TPSA) is 84.3 Å². The van der Waals surface area contributed by atoms with Crippen molar-refractivity contribution >= 4 is 11.8 Å². The molecule has 0 radical (unpaired) electrons. The molecule has 0 spiro atoms. The number of aliphatic carboxylic acids is 1. The predicted molar refractivity (Wildman–Crippen MR) is 63.2 cm³/mol. The van der Waals surface area contributed by atoms with Crippen LogP contribution in [0.15, 0.2) is 19.0 Å². The number of nitrogens with zero attached hydrogens (tertiary/aromatic N) is 2. The fourth-order valence-electron chi connectivity index (χ4n) is 1.34. The Kier molecular flexibility index (Phi) is 4.45. The summed E-state index contributed by atoms with van der Waals surface area (Å²) in [6, 6.07) is -0.759. The van der Waals surface area contributed by atoms with E-state index in [4.69, 9.17) is 9.84 Å². The number of hydrogen-bond acceptors (Lipinski definition) is 5. The van der Waals surface area contributed by atoms with Gasteiger partial charge in [-0.3, -0.25) is 0 Å². The van der Waals surface area contributed by atoms with Gasteiger partial charge in [0.25, 0.3) is 0 Å². The van der Waals surface area contributed by atoms with Gasteiger partial charge < -0.3 is 15.2 Å². The standard InChI is InChI=1S/C11H15N3O3/c1-4-5-8(11(15)16)14-9-7(2)10(17-3)13-6-12-9/h4,6,8H,1,5H2,2-3H3,(H,15,16)(H,12,13,14). The molecule has 6 heteroatoms. The Morgan fingerprint density at radius 1 is 1.71 bits per heavy atom. The average Bonchev–Trinajstić information content (AvgIpc) is 2.30. The molecule has 0 aliphatic rings. The van der Waals surface area contributed by atoms with E-state index in [0.717, 1.165) is 0 Å². The Morgan fingerprint density at radius 2 is 2.41 bits per heavy atom. The van der Waals surface area contributed by atoms with Crippen molar-refractivity contribution in [3.05, 3.63) is 24.5 Å². The fourth-order valence-corrected chi connectivity index (χ4v) is 1.34. The number of rotatable bonds is 6. The highest BCUT2D eigenvalue weighted by atomic mass is 16.5. The smallest absolute Gasteiger partial charge is 0.326 e. The molecule has 92 valence electrons. The van der Waals surface area contributed by atoms with Gasteiger partial charge in [0.15, 0.2) is 0 Å². The molecule has 2 N–H and O–H groups in total. The number of carbonyl (C=O) groups is 1. The Labute approximate surface area is 99.4 Å². The third-order valence-electron chi connectivity index (χ3n) is 2.24. The van der Waals surface area contributed by atoms with E-state index in [-0.39, 0.29) is 0 Å². The van der Waals surface area contributed by atoms with Gasteiger partial charge in [-0.15, -0.1) is 6.58 Å². The van der Waals surface area contributed by atoms with Crippen molar-refractivity contribution in [3.63, 3.8) is 0 Å². The lowest BCUT2D eigenvalue weighted by Crippen LogP contribution is -2.29. The number of carboxylic acid groups (broad SMARTS) is 1. The molecule has 0 bridgehead atoms. The Hall–Kier alpha value is -2.11.